The molecule has 0 N–H and O–H groups in total. The van der Waals surface area contributed by atoms with Crippen molar-refractivity contribution in [1.82, 2.24) is 0 Å². The summed E-state index contributed by atoms with van der Waals surface area (Å²) in [6.45, 7) is 4.27. The molecule has 0 aromatic carbocycles. The number of carbonyl (C=O) groups is 1. The lowest BCUT2D eigenvalue weighted by Crippen LogP contribution is -2.43. The molecule has 1 saturated heterocycles. The summed E-state index contributed by atoms with van der Waals surface area (Å²) in [7, 11) is -0.771. The zero-order valence-electron chi connectivity index (χ0n) is 13.4. The maximum atomic E-state index is 12.4. The number of esters is 1. The second kappa shape index (κ2) is 5.60. The molecule has 22 heavy (non-hydrogen) atoms. The fourth-order valence-corrected chi connectivity index (χ4v) is 4.95. The van der Waals surface area contributed by atoms with Crippen molar-refractivity contribution in [3.63, 3.8) is 0 Å². The summed E-state index contributed by atoms with van der Waals surface area (Å²) < 4.78 is 16.8. The molecule has 0 bridgehead atoms. The topological polar surface area (TPSA) is 44.8 Å². The third kappa shape index (κ3) is 2.58. The Balaban J connectivity index is 2.06. The first-order valence-corrected chi connectivity index (χ1v) is 11.8. The number of methoxy groups -OCH3 is 1. The van der Waals surface area contributed by atoms with Crippen LogP contribution in [0.2, 0.25) is 13.1 Å². The fourth-order valence-electron chi connectivity index (χ4n) is 4.10. The molecule has 1 heterocycles. The van der Waals surface area contributed by atoms with E-state index >= 15 is 0 Å². The Morgan fingerprint density at radius 3 is 2.91 bits per heavy atom. The molecule has 3 aliphatic rings. The van der Waals surface area contributed by atoms with Gasteiger partial charge in [0.15, 0.2) is 0 Å². The molecule has 1 saturated carbocycles. The summed E-state index contributed by atoms with van der Waals surface area (Å²) in [5.74, 6) is 0.347. The first kappa shape index (κ1) is 15.9. The van der Waals surface area contributed by atoms with Crippen LogP contribution in [0.3, 0.4) is 0 Å². The molecule has 4 nitrogen and oxygen atoms in total. The molecule has 0 radical (unpaired) electrons. The highest BCUT2D eigenvalue weighted by Gasteiger charge is 2.58. The number of hydrogen-bond donors (Lipinski definition) is 0. The van der Waals surface area contributed by atoms with Gasteiger partial charge < -0.3 is 13.9 Å². The highest BCUT2D eigenvalue weighted by molar-refractivity contribution is 7.15. The van der Waals surface area contributed by atoms with E-state index in [-0.39, 0.29) is 17.3 Å². The summed E-state index contributed by atoms with van der Waals surface area (Å²) in [5.41, 5.74) is 0.675. The number of cyclic esters (lactones) is 1. The van der Waals surface area contributed by atoms with E-state index in [0.29, 0.717) is 18.5 Å². The summed E-state index contributed by atoms with van der Waals surface area (Å²) in [4.78, 5) is 12.4. The van der Waals surface area contributed by atoms with E-state index in [9.17, 15) is 4.79 Å². The molecule has 3 rings (SSSR count). The number of carbonyl (C=O) groups excluding carboxylic acids is 1. The zero-order chi connectivity index (χ0) is 16.0. The smallest absolute Gasteiger partial charge is 0.345 e. The molecule has 0 unspecified atom stereocenters. The highest BCUT2D eigenvalue weighted by atomic mass is 35.6. The molecule has 0 aromatic heterocycles. The molecule has 122 valence electrons. The minimum absolute atomic E-state index is 0.120. The number of allylic oxidation sites excluding steroid dienone is 2. The second-order valence-electron chi connectivity index (χ2n) is 6.90. The predicted octanol–water partition coefficient (Wildman–Crippen LogP) is 3.72. The molecule has 1 spiro atoms. The van der Waals surface area contributed by atoms with Crippen LogP contribution in [-0.2, 0) is 18.7 Å². The summed E-state index contributed by atoms with van der Waals surface area (Å²) in [6.07, 6.45) is 8.69. The van der Waals surface area contributed by atoms with Crippen LogP contribution in [0.15, 0.2) is 23.7 Å². The van der Waals surface area contributed by atoms with Crippen LogP contribution in [0.4, 0.5) is 0 Å². The van der Waals surface area contributed by atoms with Crippen molar-refractivity contribution in [2.75, 3.05) is 13.7 Å². The normalized spacial score (nSPS) is 36.3. The molecule has 2 aliphatic carbocycles. The Morgan fingerprint density at radius 2 is 2.23 bits per heavy atom. The molecule has 1 aliphatic heterocycles. The summed E-state index contributed by atoms with van der Waals surface area (Å²) in [6, 6.07) is 0. The van der Waals surface area contributed by atoms with Crippen LogP contribution in [0, 0.1) is 17.3 Å². The molecule has 0 amide bonds. The van der Waals surface area contributed by atoms with E-state index in [2.05, 4.69) is 6.08 Å². The Hall–Kier alpha value is -0.943. The van der Waals surface area contributed by atoms with Crippen LogP contribution in [0.1, 0.15) is 25.7 Å². The third-order valence-electron chi connectivity index (χ3n) is 5.02. The summed E-state index contributed by atoms with van der Waals surface area (Å²) >= 11 is 6.30. The van der Waals surface area contributed by atoms with Gasteiger partial charge in [-0.1, -0.05) is 25.0 Å². The quantitative estimate of drug-likeness (QED) is 0.339. The van der Waals surface area contributed by atoms with Gasteiger partial charge in [-0.05, 0) is 31.9 Å². The van der Waals surface area contributed by atoms with Crippen molar-refractivity contribution in [1.29, 1.82) is 0 Å². The molecule has 2 fully saturated rings. The Kier molecular flexibility index (Phi) is 4.06. The van der Waals surface area contributed by atoms with Crippen molar-refractivity contribution in [3.8, 4) is 0 Å². The van der Waals surface area contributed by atoms with Gasteiger partial charge in [-0.15, -0.1) is 11.1 Å². The lowest BCUT2D eigenvalue weighted by molar-refractivity contribution is -0.140. The van der Waals surface area contributed by atoms with Gasteiger partial charge in [0.05, 0.1) is 19.6 Å². The van der Waals surface area contributed by atoms with Gasteiger partial charge in [0.2, 0.25) is 0 Å². The van der Waals surface area contributed by atoms with Crippen molar-refractivity contribution in [3.05, 3.63) is 23.7 Å². The van der Waals surface area contributed by atoms with Gasteiger partial charge in [0.25, 0.3) is 5.95 Å². The Bertz CT molecular complexity index is 537. The number of halogens is 1. The molecule has 0 aromatic rings. The number of hydrogen-bond acceptors (Lipinski definition) is 4. The van der Waals surface area contributed by atoms with Crippen molar-refractivity contribution in [2.24, 2.45) is 17.3 Å². The van der Waals surface area contributed by atoms with Gasteiger partial charge in [-0.3, -0.25) is 4.79 Å². The van der Waals surface area contributed by atoms with Gasteiger partial charge in [0.1, 0.15) is 0 Å². The van der Waals surface area contributed by atoms with Crippen LogP contribution >= 0.6 is 11.1 Å². The van der Waals surface area contributed by atoms with E-state index in [1.54, 1.807) is 7.11 Å². The predicted molar refractivity (Wildman–Crippen MR) is 86.4 cm³/mol. The fraction of sp³-hybridized carbons (Fsp3) is 0.688. The van der Waals surface area contributed by atoms with Gasteiger partial charge in [0, 0.05) is 11.0 Å². The standard InChI is InChI=1S/C16H23ClO4Si/c1-19-15(21-22(2,3)17)12-8-7-11-6-4-5-9-16(11)10-20-14(18)13(12)16/h7-8,11,13H,4-6,9-10H2,1-3H3/b15-12+/t11-,13-,16-/m1/s1. The van der Waals surface area contributed by atoms with Crippen molar-refractivity contribution in [2.45, 2.75) is 38.8 Å². The Morgan fingerprint density at radius 1 is 1.45 bits per heavy atom. The van der Waals surface area contributed by atoms with Crippen molar-refractivity contribution >= 4 is 24.7 Å². The van der Waals surface area contributed by atoms with E-state index in [4.69, 9.17) is 25.0 Å². The molecular formula is C16H23ClO4Si. The first-order valence-electron chi connectivity index (χ1n) is 7.88. The monoisotopic (exact) mass is 342 g/mol. The van der Waals surface area contributed by atoms with E-state index in [1.165, 1.54) is 6.42 Å². The molecule has 6 heteroatoms. The molecular weight excluding hydrogens is 320 g/mol. The maximum Gasteiger partial charge on any atom is 0.345 e. The maximum absolute atomic E-state index is 12.4. The SMILES string of the molecule is CO/C(O[Si](C)(C)Cl)=C1/C=C[C@H]2CCCC[C@@]23COC(=O)[C@@H]13. The van der Waals surface area contributed by atoms with E-state index in [0.717, 1.165) is 24.8 Å². The average Bonchev–Trinajstić information content (AvgIpc) is 2.80. The lowest BCUT2D eigenvalue weighted by Gasteiger charge is -2.44. The van der Waals surface area contributed by atoms with Crippen LogP contribution in [0.5, 0.6) is 0 Å². The average molecular weight is 343 g/mol. The summed E-state index contributed by atoms with van der Waals surface area (Å²) in [5, 5.41) is 0. The number of ether oxygens (including phenoxy) is 2. The Labute approximate surface area is 137 Å². The minimum atomic E-state index is -2.33. The van der Waals surface area contributed by atoms with E-state index in [1.807, 2.05) is 19.2 Å². The third-order valence-corrected chi connectivity index (χ3v) is 5.92. The second-order valence-corrected chi connectivity index (χ2v) is 12.6. The first-order chi connectivity index (χ1) is 10.4. The van der Waals surface area contributed by atoms with Gasteiger partial charge >= 0.3 is 13.6 Å². The van der Waals surface area contributed by atoms with Crippen LogP contribution < -0.4 is 0 Å². The van der Waals surface area contributed by atoms with E-state index < -0.39 is 7.63 Å². The highest BCUT2D eigenvalue weighted by Crippen LogP contribution is 2.56. The number of rotatable bonds is 3. The van der Waals surface area contributed by atoms with Gasteiger partial charge in [-0.2, -0.15) is 0 Å². The molecule has 3 atom stereocenters. The van der Waals surface area contributed by atoms with Gasteiger partial charge in [-0.25, -0.2) is 0 Å². The van der Waals surface area contributed by atoms with Crippen molar-refractivity contribution < 1.29 is 18.7 Å². The minimum Gasteiger partial charge on any atom is -0.504 e. The zero-order valence-corrected chi connectivity index (χ0v) is 15.1. The lowest BCUT2D eigenvalue weighted by atomic mass is 9.57. The van der Waals surface area contributed by atoms with Crippen LogP contribution in [-0.4, -0.2) is 27.3 Å². The van der Waals surface area contributed by atoms with Crippen LogP contribution in [0.25, 0.3) is 0 Å². The largest absolute Gasteiger partial charge is 0.504 e.